The van der Waals surface area contributed by atoms with E-state index in [-0.39, 0.29) is 5.82 Å². The summed E-state index contributed by atoms with van der Waals surface area (Å²) in [5.74, 6) is 0.189. The van der Waals surface area contributed by atoms with Gasteiger partial charge in [-0.2, -0.15) is 0 Å². The van der Waals surface area contributed by atoms with Crippen molar-refractivity contribution in [3.8, 4) is 5.75 Å². The molecular formula is C21H15ClN5O2. The predicted octanol–water partition coefficient (Wildman–Crippen LogP) is 3.90. The van der Waals surface area contributed by atoms with Gasteiger partial charge in [-0.15, -0.1) is 0 Å². The van der Waals surface area contributed by atoms with Crippen LogP contribution in [0.4, 0.5) is 11.5 Å². The van der Waals surface area contributed by atoms with Gasteiger partial charge in [0.25, 0.3) is 5.91 Å². The first kappa shape index (κ1) is 18.6. The highest BCUT2D eigenvalue weighted by molar-refractivity contribution is 6.32. The third-order valence-electron chi connectivity index (χ3n) is 4.07. The number of aromatic nitrogens is 3. The molecule has 3 N–H and O–H groups in total. The number of amides is 1. The van der Waals surface area contributed by atoms with Crippen LogP contribution in [0.25, 0.3) is 10.9 Å². The van der Waals surface area contributed by atoms with Gasteiger partial charge in [-0.25, -0.2) is 9.97 Å². The summed E-state index contributed by atoms with van der Waals surface area (Å²) in [6.07, 6.45) is 3.44. The third kappa shape index (κ3) is 4.25. The quantitative estimate of drug-likeness (QED) is 0.505. The summed E-state index contributed by atoms with van der Waals surface area (Å²) in [5.41, 5.74) is 7.54. The zero-order valence-electron chi connectivity index (χ0n) is 15.1. The first-order chi connectivity index (χ1) is 14.1. The molecule has 0 saturated heterocycles. The van der Waals surface area contributed by atoms with Gasteiger partial charge in [0.1, 0.15) is 18.2 Å². The Bertz CT molecular complexity index is 1180. The minimum absolute atomic E-state index is 0.0753. The van der Waals surface area contributed by atoms with Gasteiger partial charge in [-0.3, -0.25) is 9.78 Å². The lowest BCUT2D eigenvalue weighted by Crippen LogP contribution is -2.16. The molecule has 0 spiro atoms. The molecule has 0 fully saturated rings. The molecular weight excluding hydrogens is 390 g/mol. The van der Waals surface area contributed by atoms with Gasteiger partial charge in [-0.05, 0) is 42.5 Å². The summed E-state index contributed by atoms with van der Waals surface area (Å²) in [5, 5.41) is 4.28. The Morgan fingerprint density at radius 1 is 1.24 bits per heavy atom. The number of carbonyl (C=O) groups is 1. The van der Waals surface area contributed by atoms with Gasteiger partial charge in [0.15, 0.2) is 0 Å². The second kappa shape index (κ2) is 8.12. The van der Waals surface area contributed by atoms with E-state index < -0.39 is 5.91 Å². The Balaban J connectivity index is 1.58. The SMILES string of the molecule is NC(=O)c1nc(Nc2ccc(OCc3cccnc3)c(Cl)c2)c2c[c]ccc2n1. The number of hydrogen-bond acceptors (Lipinski definition) is 6. The van der Waals surface area contributed by atoms with Gasteiger partial charge in [0, 0.05) is 29.0 Å². The van der Waals surface area contributed by atoms with Crippen LogP contribution in [0.1, 0.15) is 16.2 Å². The van der Waals surface area contributed by atoms with E-state index >= 15 is 0 Å². The van der Waals surface area contributed by atoms with Crippen LogP contribution in [0.3, 0.4) is 0 Å². The molecule has 0 aliphatic carbocycles. The predicted molar refractivity (Wildman–Crippen MR) is 110 cm³/mol. The van der Waals surface area contributed by atoms with Gasteiger partial charge < -0.3 is 15.8 Å². The van der Waals surface area contributed by atoms with Crippen molar-refractivity contribution in [2.75, 3.05) is 5.32 Å². The monoisotopic (exact) mass is 404 g/mol. The van der Waals surface area contributed by atoms with Crippen LogP contribution in [0.5, 0.6) is 5.75 Å². The molecule has 0 unspecified atom stereocenters. The third-order valence-corrected chi connectivity index (χ3v) is 4.37. The molecule has 0 saturated carbocycles. The second-order valence-corrected chi connectivity index (χ2v) is 6.53. The number of ether oxygens (including phenoxy) is 1. The fraction of sp³-hybridized carbons (Fsp3) is 0.0476. The van der Waals surface area contributed by atoms with Gasteiger partial charge in [-0.1, -0.05) is 23.7 Å². The first-order valence-electron chi connectivity index (χ1n) is 8.66. The average molecular weight is 405 g/mol. The molecule has 0 aliphatic heterocycles. The summed E-state index contributed by atoms with van der Waals surface area (Å²) in [6, 6.07) is 17.2. The van der Waals surface area contributed by atoms with Crippen LogP contribution in [0, 0.1) is 6.07 Å². The fourth-order valence-corrected chi connectivity index (χ4v) is 2.93. The maximum Gasteiger partial charge on any atom is 0.286 e. The highest BCUT2D eigenvalue weighted by atomic mass is 35.5. The van der Waals surface area contributed by atoms with Crippen molar-refractivity contribution >= 4 is 39.9 Å². The van der Waals surface area contributed by atoms with Crippen LogP contribution in [0.2, 0.25) is 5.02 Å². The minimum atomic E-state index is -0.708. The van der Waals surface area contributed by atoms with Gasteiger partial charge >= 0.3 is 0 Å². The molecule has 2 heterocycles. The van der Waals surface area contributed by atoms with Crippen LogP contribution >= 0.6 is 11.6 Å². The minimum Gasteiger partial charge on any atom is -0.487 e. The number of benzene rings is 2. The van der Waals surface area contributed by atoms with Crippen molar-refractivity contribution in [2.45, 2.75) is 6.61 Å². The van der Waals surface area contributed by atoms with Crippen molar-refractivity contribution in [1.29, 1.82) is 0 Å². The lowest BCUT2D eigenvalue weighted by atomic mass is 10.2. The molecule has 143 valence electrons. The Morgan fingerprint density at radius 3 is 2.90 bits per heavy atom. The zero-order valence-corrected chi connectivity index (χ0v) is 15.8. The van der Waals surface area contributed by atoms with E-state index in [0.29, 0.717) is 39.8 Å². The number of nitrogens with zero attached hydrogens (tertiary/aromatic N) is 3. The van der Waals surface area contributed by atoms with E-state index in [9.17, 15) is 4.79 Å². The summed E-state index contributed by atoms with van der Waals surface area (Å²) >= 11 is 6.37. The smallest absolute Gasteiger partial charge is 0.286 e. The van der Waals surface area contributed by atoms with Crippen LogP contribution < -0.4 is 15.8 Å². The molecule has 4 aromatic rings. The number of anilines is 2. The van der Waals surface area contributed by atoms with Crippen molar-refractivity contribution in [3.05, 3.63) is 83.4 Å². The molecule has 29 heavy (non-hydrogen) atoms. The van der Waals surface area contributed by atoms with Gasteiger partial charge in [0.05, 0.1) is 10.5 Å². The normalized spacial score (nSPS) is 10.7. The average Bonchev–Trinajstić information content (AvgIpc) is 2.74. The van der Waals surface area contributed by atoms with E-state index in [1.807, 2.05) is 12.1 Å². The number of nitrogens with two attached hydrogens (primary N) is 1. The number of pyridine rings is 1. The molecule has 0 aliphatic rings. The molecule has 8 heteroatoms. The molecule has 1 radical (unpaired) electrons. The van der Waals surface area contributed by atoms with Gasteiger partial charge in [0.2, 0.25) is 5.82 Å². The number of nitrogens with one attached hydrogen (secondary N) is 1. The topological polar surface area (TPSA) is 103 Å². The second-order valence-electron chi connectivity index (χ2n) is 6.12. The summed E-state index contributed by atoms with van der Waals surface area (Å²) < 4.78 is 5.76. The highest BCUT2D eigenvalue weighted by Crippen LogP contribution is 2.31. The molecule has 4 rings (SSSR count). The lowest BCUT2D eigenvalue weighted by Gasteiger charge is -2.12. The molecule has 0 bridgehead atoms. The first-order valence-corrected chi connectivity index (χ1v) is 9.04. The Hall–Kier alpha value is -3.71. The molecule has 2 aromatic carbocycles. The largest absolute Gasteiger partial charge is 0.487 e. The summed E-state index contributed by atoms with van der Waals surface area (Å²) in [7, 11) is 0. The van der Waals surface area contributed by atoms with E-state index in [1.54, 1.807) is 48.8 Å². The number of fused-ring (bicyclic) bond motifs is 1. The zero-order chi connectivity index (χ0) is 20.2. The van der Waals surface area contributed by atoms with Crippen molar-refractivity contribution in [3.63, 3.8) is 0 Å². The Labute approximate surface area is 171 Å². The number of primary amides is 1. The lowest BCUT2D eigenvalue weighted by molar-refractivity contribution is 0.0991. The number of halogens is 1. The van der Waals surface area contributed by atoms with E-state index in [0.717, 1.165) is 5.56 Å². The Morgan fingerprint density at radius 2 is 2.14 bits per heavy atom. The van der Waals surface area contributed by atoms with E-state index in [4.69, 9.17) is 22.1 Å². The number of hydrogen-bond donors (Lipinski definition) is 2. The van der Waals surface area contributed by atoms with Crippen molar-refractivity contribution in [1.82, 2.24) is 15.0 Å². The molecule has 7 nitrogen and oxygen atoms in total. The molecule has 1 amide bonds. The molecule has 0 atom stereocenters. The fourth-order valence-electron chi connectivity index (χ4n) is 2.70. The highest BCUT2D eigenvalue weighted by Gasteiger charge is 2.12. The maximum atomic E-state index is 11.6. The summed E-state index contributed by atoms with van der Waals surface area (Å²) in [6.45, 7) is 0.356. The maximum absolute atomic E-state index is 11.6. The summed E-state index contributed by atoms with van der Waals surface area (Å²) in [4.78, 5) is 24.0. The van der Waals surface area contributed by atoms with Crippen molar-refractivity contribution in [2.24, 2.45) is 5.73 Å². The van der Waals surface area contributed by atoms with E-state index in [2.05, 4.69) is 26.3 Å². The standard InChI is InChI=1S/C21H15ClN5O2/c22-16-10-14(7-8-18(16)29-12-13-4-3-9-24-11-13)25-20-15-5-1-2-6-17(15)26-21(27-20)19(23)28/h2-11H,12H2,(H2,23,28)(H,25,26,27). The van der Waals surface area contributed by atoms with Crippen molar-refractivity contribution < 1.29 is 9.53 Å². The van der Waals surface area contributed by atoms with Crippen LogP contribution in [-0.2, 0) is 6.61 Å². The van der Waals surface area contributed by atoms with E-state index in [1.165, 1.54) is 0 Å². The molecule has 2 aromatic heterocycles. The number of rotatable bonds is 6. The Kier molecular flexibility index (Phi) is 5.22. The number of carbonyl (C=O) groups excluding carboxylic acids is 1. The van der Waals surface area contributed by atoms with Crippen LogP contribution in [0.15, 0.2) is 60.9 Å². The van der Waals surface area contributed by atoms with Crippen LogP contribution in [-0.4, -0.2) is 20.9 Å².